The largest absolute Gasteiger partial charge is 0.496 e. The smallest absolute Gasteiger partial charge is 0.335 e. The molecule has 1 aromatic heterocycles. The lowest BCUT2D eigenvalue weighted by molar-refractivity contribution is 0.0695. The molecule has 5 heteroatoms. The lowest BCUT2D eigenvalue weighted by Gasteiger charge is -2.16. The summed E-state index contributed by atoms with van der Waals surface area (Å²) in [5.74, 6) is 0.334. The van der Waals surface area contributed by atoms with Crippen LogP contribution in [0.5, 0.6) is 5.75 Å². The summed E-state index contributed by atoms with van der Waals surface area (Å²) in [6.45, 7) is 4.10. The summed E-state index contributed by atoms with van der Waals surface area (Å²) in [5.41, 5.74) is 4.41. The molecule has 0 spiro atoms. The van der Waals surface area contributed by atoms with Gasteiger partial charge in [-0.3, -0.25) is 4.79 Å². The van der Waals surface area contributed by atoms with Crippen molar-refractivity contribution in [3.05, 3.63) is 99.2 Å². The highest BCUT2D eigenvalue weighted by atomic mass is 16.5. The number of carboxylic acid groups (broad SMARTS) is 1. The number of rotatable bonds is 8. The molecule has 5 nitrogen and oxygen atoms in total. The minimum Gasteiger partial charge on any atom is -0.496 e. The average molecular weight is 457 g/mol. The van der Waals surface area contributed by atoms with Crippen LogP contribution in [0.4, 0.5) is 0 Å². The Morgan fingerprint density at radius 2 is 1.79 bits per heavy atom. The van der Waals surface area contributed by atoms with Crippen LogP contribution in [0, 0.1) is 6.92 Å². The van der Waals surface area contributed by atoms with Crippen molar-refractivity contribution < 1.29 is 19.1 Å². The second-order valence-corrected chi connectivity index (χ2v) is 8.66. The van der Waals surface area contributed by atoms with Gasteiger partial charge in [-0.25, -0.2) is 4.79 Å². The van der Waals surface area contributed by atoms with Gasteiger partial charge in [0.05, 0.1) is 23.6 Å². The standard InChI is InChI=1S/C29H28O5/c1-18-15-23(19(2)9-8-11-20-10-4-5-12-21(20)29(31)32)28-24(16-18)25(30)17-27(34-28)22-13-6-7-14-26(22)33-3/h4-7,10,12-17,19H,8-9,11H2,1-3H3,(H,31,32)/t19-/m0/s1. The minimum absolute atomic E-state index is 0.0882. The highest BCUT2D eigenvalue weighted by Crippen LogP contribution is 2.34. The van der Waals surface area contributed by atoms with Crippen molar-refractivity contribution in [3.8, 4) is 17.1 Å². The fourth-order valence-electron chi connectivity index (χ4n) is 4.48. The number of benzene rings is 3. The van der Waals surface area contributed by atoms with Gasteiger partial charge in [0.15, 0.2) is 5.43 Å². The second kappa shape index (κ2) is 9.96. The molecule has 1 heterocycles. The number of carbonyl (C=O) groups is 1. The highest BCUT2D eigenvalue weighted by Gasteiger charge is 2.18. The van der Waals surface area contributed by atoms with E-state index in [2.05, 4.69) is 13.0 Å². The average Bonchev–Trinajstić information content (AvgIpc) is 2.84. The van der Waals surface area contributed by atoms with Crippen LogP contribution in [0.25, 0.3) is 22.3 Å². The Morgan fingerprint density at radius 3 is 2.56 bits per heavy atom. The molecule has 0 bridgehead atoms. The molecule has 4 aromatic rings. The van der Waals surface area contributed by atoms with E-state index < -0.39 is 5.97 Å². The van der Waals surface area contributed by atoms with Crippen LogP contribution in [0.3, 0.4) is 0 Å². The van der Waals surface area contributed by atoms with E-state index in [1.165, 1.54) is 6.07 Å². The lowest BCUT2D eigenvalue weighted by atomic mass is 9.91. The monoisotopic (exact) mass is 456 g/mol. The summed E-state index contributed by atoms with van der Waals surface area (Å²) in [7, 11) is 1.59. The first-order chi connectivity index (χ1) is 16.4. The van der Waals surface area contributed by atoms with Crippen molar-refractivity contribution in [2.75, 3.05) is 7.11 Å². The van der Waals surface area contributed by atoms with E-state index in [1.54, 1.807) is 19.2 Å². The molecule has 3 aromatic carbocycles. The number of methoxy groups -OCH3 is 1. The molecule has 0 radical (unpaired) electrons. The van der Waals surface area contributed by atoms with Gasteiger partial charge in [-0.15, -0.1) is 0 Å². The lowest BCUT2D eigenvalue weighted by Crippen LogP contribution is -2.06. The number of aromatic carboxylic acids is 1. The fraction of sp³-hybridized carbons (Fsp3) is 0.241. The van der Waals surface area contributed by atoms with Crippen LogP contribution in [0.1, 0.15) is 52.7 Å². The van der Waals surface area contributed by atoms with E-state index >= 15 is 0 Å². The number of carboxylic acids is 1. The molecule has 0 unspecified atom stereocenters. The van der Waals surface area contributed by atoms with Crippen LogP contribution >= 0.6 is 0 Å². The Balaban J connectivity index is 1.67. The Morgan fingerprint density at radius 1 is 1.06 bits per heavy atom. The number of hydrogen-bond donors (Lipinski definition) is 1. The molecule has 0 amide bonds. The van der Waals surface area contributed by atoms with E-state index in [9.17, 15) is 14.7 Å². The van der Waals surface area contributed by atoms with E-state index in [0.29, 0.717) is 34.5 Å². The molecule has 34 heavy (non-hydrogen) atoms. The number of hydrogen-bond acceptors (Lipinski definition) is 4. The molecule has 0 aliphatic carbocycles. The Bertz CT molecular complexity index is 1400. The van der Waals surface area contributed by atoms with Gasteiger partial charge in [0.1, 0.15) is 17.1 Å². The number of fused-ring (bicyclic) bond motifs is 1. The topological polar surface area (TPSA) is 76.7 Å². The Hall–Kier alpha value is -3.86. The zero-order valence-corrected chi connectivity index (χ0v) is 19.6. The number of ether oxygens (including phenoxy) is 1. The number of para-hydroxylation sites is 1. The Kier molecular flexibility index (Phi) is 6.82. The molecule has 0 fully saturated rings. The molecule has 174 valence electrons. The van der Waals surface area contributed by atoms with Gasteiger partial charge in [0.25, 0.3) is 0 Å². The molecule has 0 aliphatic rings. The third-order valence-electron chi connectivity index (χ3n) is 6.24. The highest BCUT2D eigenvalue weighted by molar-refractivity contribution is 5.89. The van der Waals surface area contributed by atoms with Gasteiger partial charge in [0.2, 0.25) is 0 Å². The van der Waals surface area contributed by atoms with Crippen molar-refractivity contribution in [1.29, 1.82) is 0 Å². The summed E-state index contributed by atoms with van der Waals surface area (Å²) in [5, 5.41) is 10.00. The molecular formula is C29H28O5. The summed E-state index contributed by atoms with van der Waals surface area (Å²) in [4.78, 5) is 24.5. The predicted molar refractivity (Wildman–Crippen MR) is 134 cm³/mol. The van der Waals surface area contributed by atoms with E-state index in [0.717, 1.165) is 35.1 Å². The third kappa shape index (κ3) is 4.74. The van der Waals surface area contributed by atoms with E-state index in [4.69, 9.17) is 9.15 Å². The molecule has 4 rings (SSSR count). The van der Waals surface area contributed by atoms with E-state index in [1.807, 2.05) is 49.4 Å². The van der Waals surface area contributed by atoms with Crippen molar-refractivity contribution in [3.63, 3.8) is 0 Å². The molecular weight excluding hydrogens is 428 g/mol. The van der Waals surface area contributed by atoms with E-state index in [-0.39, 0.29) is 11.3 Å². The van der Waals surface area contributed by atoms with Crippen molar-refractivity contribution in [1.82, 2.24) is 0 Å². The van der Waals surface area contributed by atoms with Crippen molar-refractivity contribution in [2.45, 2.75) is 39.0 Å². The van der Waals surface area contributed by atoms with Gasteiger partial charge in [-0.1, -0.05) is 43.3 Å². The molecule has 1 N–H and O–H groups in total. The maximum atomic E-state index is 13.0. The Labute approximate surface area is 198 Å². The van der Waals surface area contributed by atoms with Crippen molar-refractivity contribution in [2.24, 2.45) is 0 Å². The second-order valence-electron chi connectivity index (χ2n) is 8.66. The van der Waals surface area contributed by atoms with Gasteiger partial charge < -0.3 is 14.3 Å². The van der Waals surface area contributed by atoms with Crippen LogP contribution in [-0.2, 0) is 6.42 Å². The maximum absolute atomic E-state index is 13.0. The summed E-state index contributed by atoms with van der Waals surface area (Å²) in [6.07, 6.45) is 2.32. The quantitative estimate of drug-likeness (QED) is 0.323. The third-order valence-corrected chi connectivity index (χ3v) is 6.24. The fourth-order valence-corrected chi connectivity index (χ4v) is 4.48. The first-order valence-corrected chi connectivity index (χ1v) is 11.4. The summed E-state index contributed by atoms with van der Waals surface area (Å²) in [6, 6.07) is 20.1. The van der Waals surface area contributed by atoms with Gasteiger partial charge in [-0.05, 0) is 73.1 Å². The first-order valence-electron chi connectivity index (χ1n) is 11.4. The maximum Gasteiger partial charge on any atom is 0.335 e. The normalized spacial score (nSPS) is 12.0. The van der Waals surface area contributed by atoms with Gasteiger partial charge >= 0.3 is 5.97 Å². The zero-order chi connectivity index (χ0) is 24.2. The van der Waals surface area contributed by atoms with Crippen LogP contribution in [0.15, 0.2) is 75.9 Å². The predicted octanol–water partition coefficient (Wildman–Crippen LogP) is 6.60. The van der Waals surface area contributed by atoms with Crippen LogP contribution < -0.4 is 10.2 Å². The number of aryl methyl sites for hydroxylation is 2. The van der Waals surface area contributed by atoms with Gasteiger partial charge in [0, 0.05) is 6.07 Å². The summed E-state index contributed by atoms with van der Waals surface area (Å²) >= 11 is 0. The van der Waals surface area contributed by atoms with Crippen LogP contribution in [0.2, 0.25) is 0 Å². The SMILES string of the molecule is COc1ccccc1-c1cc(=O)c2cc(C)cc([C@@H](C)CCCc3ccccc3C(=O)O)c2o1. The minimum atomic E-state index is -0.904. The molecule has 0 saturated carbocycles. The summed E-state index contributed by atoms with van der Waals surface area (Å²) < 4.78 is 11.8. The molecule has 0 aliphatic heterocycles. The van der Waals surface area contributed by atoms with Crippen LogP contribution in [-0.4, -0.2) is 18.2 Å². The molecule has 1 atom stereocenters. The molecule has 0 saturated heterocycles. The zero-order valence-electron chi connectivity index (χ0n) is 19.6. The van der Waals surface area contributed by atoms with Crippen molar-refractivity contribution >= 4 is 16.9 Å². The van der Waals surface area contributed by atoms with Gasteiger partial charge in [-0.2, -0.15) is 0 Å². The first kappa shape index (κ1) is 23.3.